The zero-order chi connectivity index (χ0) is 27.7. The van der Waals surface area contributed by atoms with Crippen LogP contribution in [0.4, 0.5) is 5.69 Å². The summed E-state index contributed by atoms with van der Waals surface area (Å²) in [6.45, 7) is 5.84. The summed E-state index contributed by atoms with van der Waals surface area (Å²) in [5, 5.41) is 6.93. The van der Waals surface area contributed by atoms with Crippen molar-refractivity contribution in [3.05, 3.63) is 75.2 Å². The Balaban J connectivity index is 1.35. The van der Waals surface area contributed by atoms with Crippen LogP contribution in [0.3, 0.4) is 0 Å². The molecule has 6 heteroatoms. The third kappa shape index (κ3) is 11.7. The molecule has 3 rings (SSSR count). The van der Waals surface area contributed by atoms with Crippen LogP contribution >= 0.6 is 22.9 Å². The minimum Gasteiger partial charge on any atom is -0.492 e. The van der Waals surface area contributed by atoms with E-state index in [4.69, 9.17) is 16.3 Å². The Morgan fingerprint density at radius 1 is 0.897 bits per heavy atom. The number of nitrogens with one attached hydrogen (secondary N) is 1. The highest BCUT2D eigenvalue weighted by Crippen LogP contribution is 2.29. The molecule has 0 aliphatic rings. The van der Waals surface area contributed by atoms with Crippen LogP contribution in [0.15, 0.2) is 54.0 Å². The van der Waals surface area contributed by atoms with Gasteiger partial charge in [-0.2, -0.15) is 4.57 Å². The van der Waals surface area contributed by atoms with Crippen molar-refractivity contribution in [3.63, 3.8) is 0 Å². The Kier molecular flexibility index (Phi) is 14.4. The summed E-state index contributed by atoms with van der Waals surface area (Å²) >= 11 is 8.19. The van der Waals surface area contributed by atoms with E-state index < -0.39 is 0 Å². The molecule has 3 aromatic rings. The van der Waals surface area contributed by atoms with E-state index in [0.29, 0.717) is 17.4 Å². The predicted octanol–water partition coefficient (Wildman–Crippen LogP) is 9.31. The van der Waals surface area contributed by atoms with Gasteiger partial charge in [0.2, 0.25) is 10.9 Å². The van der Waals surface area contributed by atoms with Crippen LogP contribution in [-0.4, -0.2) is 12.5 Å². The lowest BCUT2D eigenvalue weighted by molar-refractivity contribution is -0.689. The first kappa shape index (κ1) is 31.2. The van der Waals surface area contributed by atoms with Crippen LogP contribution in [0.25, 0.3) is 0 Å². The van der Waals surface area contributed by atoms with Gasteiger partial charge < -0.3 is 10.1 Å². The van der Waals surface area contributed by atoms with Crippen molar-refractivity contribution < 1.29 is 14.1 Å². The Morgan fingerprint density at radius 3 is 2.15 bits per heavy atom. The SMILES string of the molecule is CCCCCCCCCCCCCCOc1c(Cl)cccc1CC(=O)Nc1ccc(C[n+]2ccsc2C)cc1. The quantitative estimate of drug-likeness (QED) is 0.115. The van der Waals surface area contributed by atoms with Gasteiger partial charge >= 0.3 is 0 Å². The number of hydrogen-bond acceptors (Lipinski definition) is 3. The van der Waals surface area contributed by atoms with Crippen molar-refractivity contribution >= 4 is 34.5 Å². The molecule has 0 atom stereocenters. The molecule has 0 aliphatic carbocycles. The monoisotopic (exact) mass is 569 g/mol. The summed E-state index contributed by atoms with van der Waals surface area (Å²) in [5.41, 5.74) is 2.81. The third-order valence-electron chi connectivity index (χ3n) is 7.12. The Morgan fingerprint density at radius 2 is 1.54 bits per heavy atom. The molecule has 2 aromatic carbocycles. The van der Waals surface area contributed by atoms with Crippen LogP contribution < -0.4 is 14.6 Å². The molecule has 1 heterocycles. The van der Waals surface area contributed by atoms with Crippen LogP contribution in [0, 0.1) is 6.92 Å². The molecule has 212 valence electrons. The van der Waals surface area contributed by atoms with Gasteiger partial charge in [-0.05, 0) is 24.6 Å². The van der Waals surface area contributed by atoms with Gasteiger partial charge in [-0.15, -0.1) is 0 Å². The number of nitrogens with zero attached hydrogens (tertiary/aromatic N) is 1. The molecule has 0 unspecified atom stereocenters. The molecule has 0 spiro atoms. The smallest absolute Gasteiger partial charge is 0.234 e. The van der Waals surface area contributed by atoms with Gasteiger partial charge in [-0.1, -0.05) is 125 Å². The number of rotatable bonds is 19. The first-order chi connectivity index (χ1) is 19.1. The lowest BCUT2D eigenvalue weighted by atomic mass is 10.1. The van der Waals surface area contributed by atoms with E-state index in [-0.39, 0.29) is 12.3 Å². The van der Waals surface area contributed by atoms with Gasteiger partial charge in [0.05, 0.1) is 23.4 Å². The van der Waals surface area contributed by atoms with E-state index in [0.717, 1.165) is 30.6 Å². The first-order valence-electron chi connectivity index (χ1n) is 14.8. The van der Waals surface area contributed by atoms with Gasteiger partial charge in [0.25, 0.3) is 0 Å². The van der Waals surface area contributed by atoms with Crippen molar-refractivity contribution in [1.82, 2.24) is 0 Å². The molecule has 1 amide bonds. The van der Waals surface area contributed by atoms with Gasteiger partial charge in [0, 0.05) is 23.7 Å². The molecule has 1 aromatic heterocycles. The second-order valence-electron chi connectivity index (χ2n) is 10.4. The molecule has 0 aliphatic heterocycles. The average Bonchev–Trinajstić information content (AvgIpc) is 3.33. The number of carbonyl (C=O) groups excluding carboxylic acids is 1. The van der Waals surface area contributed by atoms with Crippen LogP contribution in [-0.2, 0) is 17.8 Å². The van der Waals surface area contributed by atoms with Gasteiger partial charge in [0.1, 0.15) is 5.75 Å². The summed E-state index contributed by atoms with van der Waals surface area (Å²) in [4.78, 5) is 12.8. The van der Waals surface area contributed by atoms with E-state index >= 15 is 0 Å². The van der Waals surface area contributed by atoms with E-state index in [1.54, 1.807) is 11.3 Å². The number of halogens is 1. The van der Waals surface area contributed by atoms with E-state index in [2.05, 4.69) is 47.4 Å². The number of carbonyl (C=O) groups is 1. The Labute approximate surface area is 244 Å². The summed E-state index contributed by atoms with van der Waals surface area (Å²) in [5.74, 6) is 0.555. The number of aryl methyl sites for hydroxylation is 1. The molecule has 0 saturated carbocycles. The van der Waals surface area contributed by atoms with Crippen molar-refractivity contribution in [2.75, 3.05) is 11.9 Å². The molecule has 0 radical (unpaired) electrons. The average molecular weight is 570 g/mol. The maximum absolute atomic E-state index is 12.8. The molecular formula is C33H46ClN2O2S+. The van der Waals surface area contributed by atoms with Crippen molar-refractivity contribution in [2.45, 2.75) is 104 Å². The lowest BCUT2D eigenvalue weighted by Gasteiger charge is -2.13. The molecule has 1 N–H and O–H groups in total. The summed E-state index contributed by atoms with van der Waals surface area (Å²) in [6, 6.07) is 13.7. The fraction of sp³-hybridized carbons (Fsp3) is 0.515. The standard InChI is InChI=1S/C33H45ClN2O2S/c1-3-4-5-6-7-8-9-10-11-12-13-14-23-38-33-29(16-15-17-31(33)34)25-32(37)35-30-20-18-28(19-21-30)26-36-22-24-39-27(36)2/h15-22,24H,3-14,23,25-26H2,1-2H3/p+1. The lowest BCUT2D eigenvalue weighted by Crippen LogP contribution is -2.34. The Bertz CT molecular complexity index is 1110. The molecule has 4 nitrogen and oxygen atoms in total. The molecule has 0 bridgehead atoms. The molecule has 39 heavy (non-hydrogen) atoms. The number of hydrogen-bond donors (Lipinski definition) is 1. The third-order valence-corrected chi connectivity index (χ3v) is 8.25. The number of unbranched alkanes of at least 4 members (excludes halogenated alkanes) is 11. The number of thiazole rings is 1. The zero-order valence-electron chi connectivity index (χ0n) is 23.9. The number of anilines is 1. The van der Waals surface area contributed by atoms with E-state index in [1.807, 2.05) is 30.3 Å². The highest BCUT2D eigenvalue weighted by Gasteiger charge is 2.13. The normalized spacial score (nSPS) is 11.1. The Hall–Kier alpha value is -2.37. The largest absolute Gasteiger partial charge is 0.492 e. The van der Waals surface area contributed by atoms with E-state index in [1.165, 1.54) is 74.8 Å². The van der Waals surface area contributed by atoms with Crippen LogP contribution in [0.1, 0.15) is 100 Å². The van der Waals surface area contributed by atoms with Crippen molar-refractivity contribution in [2.24, 2.45) is 0 Å². The highest BCUT2D eigenvalue weighted by molar-refractivity contribution is 7.09. The second-order valence-corrected chi connectivity index (χ2v) is 11.9. The van der Waals surface area contributed by atoms with E-state index in [9.17, 15) is 4.79 Å². The minimum absolute atomic E-state index is 0.0803. The summed E-state index contributed by atoms with van der Waals surface area (Å²) < 4.78 is 8.29. The van der Waals surface area contributed by atoms with Gasteiger partial charge in [0.15, 0.2) is 12.7 Å². The molecular weight excluding hydrogens is 524 g/mol. The maximum Gasteiger partial charge on any atom is 0.234 e. The highest BCUT2D eigenvalue weighted by atomic mass is 35.5. The molecule has 0 saturated heterocycles. The number of ether oxygens (including phenoxy) is 1. The predicted molar refractivity (Wildman–Crippen MR) is 165 cm³/mol. The first-order valence-corrected chi connectivity index (χ1v) is 16.0. The topological polar surface area (TPSA) is 42.2 Å². The molecule has 0 fully saturated rings. The number of benzene rings is 2. The van der Waals surface area contributed by atoms with Crippen molar-refractivity contribution in [3.8, 4) is 5.75 Å². The minimum atomic E-state index is -0.0803. The number of amides is 1. The van der Waals surface area contributed by atoms with Crippen LogP contribution in [0.5, 0.6) is 5.75 Å². The van der Waals surface area contributed by atoms with Gasteiger partial charge in [-0.3, -0.25) is 4.79 Å². The fourth-order valence-corrected chi connectivity index (χ4v) is 5.69. The zero-order valence-corrected chi connectivity index (χ0v) is 25.4. The summed E-state index contributed by atoms with van der Waals surface area (Å²) in [7, 11) is 0. The second kappa shape index (κ2) is 18.1. The number of para-hydroxylation sites is 1. The fourth-order valence-electron chi connectivity index (χ4n) is 4.78. The maximum atomic E-state index is 12.8. The van der Waals surface area contributed by atoms with Gasteiger partial charge in [-0.25, -0.2) is 0 Å². The summed E-state index contributed by atoms with van der Waals surface area (Å²) in [6.07, 6.45) is 18.0. The van der Waals surface area contributed by atoms with Crippen molar-refractivity contribution in [1.29, 1.82) is 0 Å². The van der Waals surface area contributed by atoms with Crippen LogP contribution in [0.2, 0.25) is 5.02 Å². The number of aromatic nitrogens is 1.